The minimum Gasteiger partial charge on any atom is -0.491 e. The number of hydrogen-bond acceptors (Lipinski definition) is 4. The number of nitrogens with zero attached hydrogens (tertiary/aromatic N) is 1. The van der Waals surface area contributed by atoms with Crippen LogP contribution in [-0.2, 0) is 4.74 Å². The van der Waals surface area contributed by atoms with E-state index in [0.29, 0.717) is 12.2 Å². The summed E-state index contributed by atoms with van der Waals surface area (Å²) in [5.41, 5.74) is 1.31. The lowest BCUT2D eigenvalue weighted by molar-refractivity contribution is 0.0679. The molecule has 1 amide bonds. The summed E-state index contributed by atoms with van der Waals surface area (Å²) in [6, 6.07) is 10.7. The van der Waals surface area contributed by atoms with Crippen LogP contribution in [0.1, 0.15) is 23.2 Å². The molecule has 0 radical (unpaired) electrons. The summed E-state index contributed by atoms with van der Waals surface area (Å²) in [5, 5.41) is 2.84. The Bertz CT molecular complexity index is 608. The SMILES string of the molecule is O=C(Nc1ccc(OCC2CCCO2)cc1)c1ccncc1. The van der Waals surface area contributed by atoms with Gasteiger partial charge in [-0.3, -0.25) is 9.78 Å². The van der Waals surface area contributed by atoms with Crippen LogP contribution in [0, 0.1) is 0 Å². The molecule has 0 spiro atoms. The Kier molecular flexibility index (Phi) is 4.65. The Balaban J connectivity index is 1.53. The van der Waals surface area contributed by atoms with Crippen molar-refractivity contribution in [2.75, 3.05) is 18.5 Å². The number of pyridine rings is 1. The van der Waals surface area contributed by atoms with Gasteiger partial charge in [-0.1, -0.05) is 0 Å². The molecule has 1 fully saturated rings. The van der Waals surface area contributed by atoms with Crippen LogP contribution in [0.4, 0.5) is 5.69 Å². The highest BCUT2D eigenvalue weighted by Crippen LogP contribution is 2.18. The van der Waals surface area contributed by atoms with E-state index in [1.807, 2.05) is 24.3 Å². The Morgan fingerprint density at radius 1 is 1.23 bits per heavy atom. The van der Waals surface area contributed by atoms with Gasteiger partial charge in [-0.15, -0.1) is 0 Å². The van der Waals surface area contributed by atoms with Gasteiger partial charge in [-0.25, -0.2) is 0 Å². The molecule has 2 heterocycles. The topological polar surface area (TPSA) is 60.5 Å². The van der Waals surface area contributed by atoms with Crippen LogP contribution in [0.15, 0.2) is 48.8 Å². The number of anilines is 1. The van der Waals surface area contributed by atoms with Crippen molar-refractivity contribution in [3.63, 3.8) is 0 Å². The highest BCUT2D eigenvalue weighted by molar-refractivity contribution is 6.04. The zero-order chi connectivity index (χ0) is 15.2. The van der Waals surface area contributed by atoms with E-state index in [1.54, 1.807) is 24.5 Å². The maximum Gasteiger partial charge on any atom is 0.255 e. The van der Waals surface area contributed by atoms with E-state index in [9.17, 15) is 4.79 Å². The molecule has 1 saturated heterocycles. The second-order valence-electron chi connectivity index (χ2n) is 5.16. The van der Waals surface area contributed by atoms with Crippen molar-refractivity contribution in [1.29, 1.82) is 0 Å². The number of rotatable bonds is 5. The van der Waals surface area contributed by atoms with Crippen molar-refractivity contribution in [1.82, 2.24) is 4.98 Å². The molecule has 0 bridgehead atoms. The predicted molar refractivity (Wildman–Crippen MR) is 83.1 cm³/mol. The molecule has 0 saturated carbocycles. The van der Waals surface area contributed by atoms with Gasteiger partial charge in [0.2, 0.25) is 0 Å². The molecule has 1 aliphatic heterocycles. The zero-order valence-corrected chi connectivity index (χ0v) is 12.2. The van der Waals surface area contributed by atoms with Gasteiger partial charge >= 0.3 is 0 Å². The molecule has 1 unspecified atom stereocenters. The standard InChI is InChI=1S/C17H18N2O3/c20-17(13-7-9-18-10-8-13)19-14-3-5-15(6-4-14)22-12-16-2-1-11-21-16/h3-10,16H,1-2,11-12H2,(H,19,20). The fourth-order valence-electron chi connectivity index (χ4n) is 2.31. The lowest BCUT2D eigenvalue weighted by Gasteiger charge is -2.12. The molecule has 5 nitrogen and oxygen atoms in total. The van der Waals surface area contributed by atoms with Gasteiger partial charge < -0.3 is 14.8 Å². The summed E-state index contributed by atoms with van der Waals surface area (Å²) < 4.78 is 11.2. The van der Waals surface area contributed by atoms with Gasteiger partial charge in [-0.2, -0.15) is 0 Å². The number of hydrogen-bond donors (Lipinski definition) is 1. The molecule has 1 atom stereocenters. The molecule has 1 aliphatic rings. The summed E-state index contributed by atoms with van der Waals surface area (Å²) in [7, 11) is 0. The van der Waals surface area contributed by atoms with Crippen molar-refractivity contribution in [3.05, 3.63) is 54.4 Å². The first-order valence-electron chi connectivity index (χ1n) is 7.37. The van der Waals surface area contributed by atoms with Crippen LogP contribution in [0.2, 0.25) is 0 Å². The quantitative estimate of drug-likeness (QED) is 0.922. The van der Waals surface area contributed by atoms with Crippen molar-refractivity contribution >= 4 is 11.6 Å². The first-order chi connectivity index (χ1) is 10.8. The third-order valence-electron chi connectivity index (χ3n) is 3.51. The Labute approximate surface area is 129 Å². The molecule has 22 heavy (non-hydrogen) atoms. The number of benzene rings is 1. The zero-order valence-electron chi connectivity index (χ0n) is 12.2. The number of aromatic nitrogens is 1. The minimum atomic E-state index is -0.157. The van der Waals surface area contributed by atoms with E-state index in [2.05, 4.69) is 10.3 Å². The van der Waals surface area contributed by atoms with Gasteiger partial charge in [0.25, 0.3) is 5.91 Å². The Hall–Kier alpha value is -2.40. The second kappa shape index (κ2) is 7.04. The molecular weight excluding hydrogens is 280 g/mol. The van der Waals surface area contributed by atoms with Gasteiger partial charge in [0, 0.05) is 30.3 Å². The molecule has 5 heteroatoms. The molecule has 0 aliphatic carbocycles. The monoisotopic (exact) mass is 298 g/mol. The highest BCUT2D eigenvalue weighted by atomic mass is 16.5. The van der Waals surface area contributed by atoms with Gasteiger partial charge in [0.1, 0.15) is 12.4 Å². The van der Waals surface area contributed by atoms with Crippen molar-refractivity contribution in [2.45, 2.75) is 18.9 Å². The summed E-state index contributed by atoms with van der Waals surface area (Å²) in [5.74, 6) is 0.618. The summed E-state index contributed by atoms with van der Waals surface area (Å²) in [6.45, 7) is 1.40. The van der Waals surface area contributed by atoms with Crippen molar-refractivity contribution < 1.29 is 14.3 Å². The molecule has 3 rings (SSSR count). The number of carbonyl (C=O) groups is 1. The maximum absolute atomic E-state index is 12.0. The van der Waals surface area contributed by atoms with E-state index >= 15 is 0 Å². The van der Waals surface area contributed by atoms with E-state index in [1.165, 1.54) is 0 Å². The van der Waals surface area contributed by atoms with Crippen molar-refractivity contribution in [3.8, 4) is 5.75 Å². The van der Waals surface area contributed by atoms with E-state index in [0.717, 1.165) is 30.9 Å². The Morgan fingerprint density at radius 2 is 2.00 bits per heavy atom. The minimum absolute atomic E-state index is 0.157. The number of nitrogens with one attached hydrogen (secondary N) is 1. The number of amides is 1. The molecule has 1 aromatic carbocycles. The average Bonchev–Trinajstić information content (AvgIpc) is 3.08. The average molecular weight is 298 g/mol. The van der Waals surface area contributed by atoms with E-state index < -0.39 is 0 Å². The van der Waals surface area contributed by atoms with Crippen LogP contribution in [-0.4, -0.2) is 30.2 Å². The lowest BCUT2D eigenvalue weighted by Crippen LogP contribution is -2.16. The smallest absolute Gasteiger partial charge is 0.255 e. The van der Waals surface area contributed by atoms with Crippen LogP contribution in [0.5, 0.6) is 5.75 Å². The summed E-state index contributed by atoms with van der Waals surface area (Å²) in [6.07, 6.45) is 5.55. The third-order valence-corrected chi connectivity index (χ3v) is 3.51. The summed E-state index contributed by atoms with van der Waals surface area (Å²) in [4.78, 5) is 15.9. The predicted octanol–water partition coefficient (Wildman–Crippen LogP) is 2.89. The molecule has 2 aromatic rings. The molecule has 1 N–H and O–H groups in total. The molecule has 114 valence electrons. The molecular formula is C17H18N2O3. The van der Waals surface area contributed by atoms with Crippen LogP contribution < -0.4 is 10.1 Å². The largest absolute Gasteiger partial charge is 0.491 e. The van der Waals surface area contributed by atoms with E-state index in [-0.39, 0.29) is 12.0 Å². The van der Waals surface area contributed by atoms with Crippen LogP contribution in [0.3, 0.4) is 0 Å². The van der Waals surface area contributed by atoms with Crippen LogP contribution >= 0.6 is 0 Å². The van der Waals surface area contributed by atoms with Crippen molar-refractivity contribution in [2.24, 2.45) is 0 Å². The fourth-order valence-corrected chi connectivity index (χ4v) is 2.31. The van der Waals surface area contributed by atoms with Gasteiger partial charge in [-0.05, 0) is 49.2 Å². The highest BCUT2D eigenvalue weighted by Gasteiger charge is 2.15. The van der Waals surface area contributed by atoms with Gasteiger partial charge in [0.15, 0.2) is 0 Å². The Morgan fingerprint density at radius 3 is 2.68 bits per heavy atom. The van der Waals surface area contributed by atoms with Gasteiger partial charge in [0.05, 0.1) is 6.10 Å². The third kappa shape index (κ3) is 3.83. The second-order valence-corrected chi connectivity index (χ2v) is 5.16. The van der Waals surface area contributed by atoms with Crippen LogP contribution in [0.25, 0.3) is 0 Å². The summed E-state index contributed by atoms with van der Waals surface area (Å²) >= 11 is 0. The number of carbonyl (C=O) groups excluding carboxylic acids is 1. The first-order valence-corrected chi connectivity index (χ1v) is 7.37. The molecule has 1 aromatic heterocycles. The lowest BCUT2D eigenvalue weighted by atomic mass is 10.2. The first kappa shape index (κ1) is 14.5. The number of ether oxygens (including phenoxy) is 2. The maximum atomic E-state index is 12.0. The normalized spacial score (nSPS) is 17.2. The van der Waals surface area contributed by atoms with E-state index in [4.69, 9.17) is 9.47 Å². The fraction of sp³-hybridized carbons (Fsp3) is 0.294.